The number of benzene rings is 1. The fourth-order valence-corrected chi connectivity index (χ4v) is 1.39. The molecule has 4 heteroatoms. The monoisotopic (exact) mass is 200 g/mol. The molecule has 3 nitrogen and oxygen atoms in total. The summed E-state index contributed by atoms with van der Waals surface area (Å²) in [5.41, 5.74) is 12.8. The van der Waals surface area contributed by atoms with Crippen LogP contribution in [0.4, 0.5) is 0 Å². The molecule has 1 aromatic rings. The molecule has 1 rings (SSSR count). The molecule has 0 radical (unpaired) electrons. The highest BCUT2D eigenvalue weighted by Crippen LogP contribution is 2.20. The van der Waals surface area contributed by atoms with Gasteiger partial charge in [-0.25, -0.2) is 0 Å². The second kappa shape index (κ2) is 4.58. The molecule has 0 saturated carbocycles. The molecule has 1 atom stereocenters. The number of hydrogen-bond donors (Lipinski definition) is 3. The molecule has 0 aromatic heterocycles. The van der Waals surface area contributed by atoms with E-state index >= 15 is 0 Å². The van der Waals surface area contributed by atoms with E-state index in [-0.39, 0.29) is 12.6 Å². The van der Waals surface area contributed by atoms with Gasteiger partial charge in [-0.2, -0.15) is 0 Å². The average molecular weight is 201 g/mol. The van der Waals surface area contributed by atoms with E-state index in [0.29, 0.717) is 11.6 Å². The van der Waals surface area contributed by atoms with Gasteiger partial charge in [-0.05, 0) is 23.3 Å². The third kappa shape index (κ3) is 2.42. The number of aliphatic hydroxyl groups excluding tert-OH is 1. The highest BCUT2D eigenvalue weighted by atomic mass is 35.5. The maximum Gasteiger partial charge on any atom is 0.0685 e. The topological polar surface area (TPSA) is 72.3 Å². The third-order valence-electron chi connectivity index (χ3n) is 1.93. The zero-order valence-electron chi connectivity index (χ0n) is 7.20. The number of aliphatic hydroxyl groups is 1. The Hall–Kier alpha value is -0.610. The van der Waals surface area contributed by atoms with E-state index in [4.69, 9.17) is 28.2 Å². The Balaban J connectivity index is 3.05. The lowest BCUT2D eigenvalue weighted by Crippen LogP contribution is -2.22. The maximum atomic E-state index is 9.03. The van der Waals surface area contributed by atoms with E-state index < -0.39 is 0 Å². The van der Waals surface area contributed by atoms with Crippen LogP contribution in [-0.2, 0) is 6.61 Å². The number of hydrogen-bond acceptors (Lipinski definition) is 3. The third-order valence-corrected chi connectivity index (χ3v) is 2.16. The van der Waals surface area contributed by atoms with Crippen LogP contribution in [0.2, 0.25) is 5.02 Å². The molecule has 0 bridgehead atoms. The lowest BCUT2D eigenvalue weighted by Gasteiger charge is -2.13. The molecule has 0 fully saturated rings. The van der Waals surface area contributed by atoms with Crippen molar-refractivity contribution in [1.29, 1.82) is 0 Å². The summed E-state index contributed by atoms with van der Waals surface area (Å²) in [5.74, 6) is 0. The zero-order valence-corrected chi connectivity index (χ0v) is 7.96. The summed E-state index contributed by atoms with van der Waals surface area (Å²) in [6, 6.07) is 5.00. The Kier molecular flexibility index (Phi) is 3.69. The van der Waals surface area contributed by atoms with Crippen molar-refractivity contribution in [2.24, 2.45) is 11.5 Å². The summed E-state index contributed by atoms with van der Waals surface area (Å²) in [6.07, 6.45) is 0. The van der Waals surface area contributed by atoms with Crippen LogP contribution < -0.4 is 11.5 Å². The van der Waals surface area contributed by atoms with Gasteiger partial charge in [-0.3, -0.25) is 0 Å². The van der Waals surface area contributed by atoms with Crippen LogP contribution in [0.3, 0.4) is 0 Å². The summed E-state index contributed by atoms with van der Waals surface area (Å²) >= 11 is 5.76. The Morgan fingerprint density at radius 2 is 2.15 bits per heavy atom. The maximum absolute atomic E-state index is 9.03. The largest absolute Gasteiger partial charge is 0.392 e. The van der Waals surface area contributed by atoms with Gasteiger partial charge in [0.1, 0.15) is 0 Å². The molecule has 0 saturated heterocycles. The van der Waals surface area contributed by atoms with Crippen LogP contribution in [0, 0.1) is 0 Å². The summed E-state index contributed by atoms with van der Waals surface area (Å²) in [4.78, 5) is 0. The molecule has 0 amide bonds. The summed E-state index contributed by atoms with van der Waals surface area (Å²) in [6.45, 7) is 0.290. The first-order valence-electron chi connectivity index (χ1n) is 4.04. The van der Waals surface area contributed by atoms with Crippen LogP contribution in [-0.4, -0.2) is 11.7 Å². The minimum Gasteiger partial charge on any atom is -0.392 e. The molecule has 13 heavy (non-hydrogen) atoms. The van der Waals surface area contributed by atoms with E-state index in [1.807, 2.05) is 0 Å². The fraction of sp³-hybridized carbons (Fsp3) is 0.333. The van der Waals surface area contributed by atoms with Crippen LogP contribution in [0.15, 0.2) is 18.2 Å². The van der Waals surface area contributed by atoms with Gasteiger partial charge in [-0.1, -0.05) is 17.7 Å². The molecule has 0 aliphatic heterocycles. The summed E-state index contributed by atoms with van der Waals surface area (Å²) in [7, 11) is 0. The van der Waals surface area contributed by atoms with Crippen molar-refractivity contribution >= 4 is 11.6 Å². The molecule has 0 unspecified atom stereocenters. The molecule has 0 aliphatic rings. The van der Waals surface area contributed by atoms with Gasteiger partial charge in [-0.15, -0.1) is 0 Å². The molecule has 0 aliphatic carbocycles. The Labute approximate surface area is 82.3 Å². The summed E-state index contributed by atoms with van der Waals surface area (Å²) < 4.78 is 0. The molecule has 72 valence electrons. The normalized spacial score (nSPS) is 12.9. The van der Waals surface area contributed by atoms with Gasteiger partial charge in [0.25, 0.3) is 0 Å². The van der Waals surface area contributed by atoms with Crippen molar-refractivity contribution < 1.29 is 5.11 Å². The van der Waals surface area contributed by atoms with Crippen molar-refractivity contribution in [1.82, 2.24) is 0 Å². The highest BCUT2D eigenvalue weighted by Gasteiger charge is 2.08. The van der Waals surface area contributed by atoms with Crippen LogP contribution in [0.1, 0.15) is 17.2 Å². The van der Waals surface area contributed by atoms with Crippen LogP contribution in [0.25, 0.3) is 0 Å². The molecular formula is C9H13ClN2O. The Morgan fingerprint density at radius 3 is 2.69 bits per heavy atom. The average Bonchev–Trinajstić information content (AvgIpc) is 2.16. The van der Waals surface area contributed by atoms with Gasteiger partial charge in [0, 0.05) is 17.6 Å². The molecular weight excluding hydrogens is 188 g/mol. The first-order chi connectivity index (χ1) is 6.19. The number of nitrogens with two attached hydrogens (primary N) is 2. The molecule has 0 heterocycles. The van der Waals surface area contributed by atoms with E-state index in [9.17, 15) is 0 Å². The number of rotatable bonds is 3. The lowest BCUT2D eigenvalue weighted by molar-refractivity contribution is 0.280. The molecule has 1 aromatic carbocycles. The van der Waals surface area contributed by atoms with Gasteiger partial charge in [0.05, 0.1) is 6.61 Å². The van der Waals surface area contributed by atoms with Crippen molar-refractivity contribution in [2.45, 2.75) is 12.6 Å². The van der Waals surface area contributed by atoms with Crippen molar-refractivity contribution in [2.75, 3.05) is 6.54 Å². The van der Waals surface area contributed by atoms with Crippen LogP contribution >= 0.6 is 11.6 Å². The van der Waals surface area contributed by atoms with Gasteiger partial charge in [0.2, 0.25) is 0 Å². The van der Waals surface area contributed by atoms with Crippen molar-refractivity contribution in [3.63, 3.8) is 0 Å². The highest BCUT2D eigenvalue weighted by molar-refractivity contribution is 6.30. The van der Waals surface area contributed by atoms with E-state index in [1.54, 1.807) is 18.2 Å². The van der Waals surface area contributed by atoms with Gasteiger partial charge in [0.15, 0.2) is 0 Å². The molecule has 5 N–H and O–H groups in total. The summed E-state index contributed by atoms with van der Waals surface area (Å²) in [5, 5.41) is 9.63. The second-order valence-corrected chi connectivity index (χ2v) is 3.28. The van der Waals surface area contributed by atoms with Crippen LogP contribution in [0.5, 0.6) is 0 Å². The van der Waals surface area contributed by atoms with E-state index in [0.717, 1.165) is 11.1 Å². The van der Waals surface area contributed by atoms with Crippen molar-refractivity contribution in [3.8, 4) is 0 Å². The Morgan fingerprint density at radius 1 is 1.46 bits per heavy atom. The first kappa shape index (κ1) is 10.5. The SMILES string of the molecule is NC[C@H](N)c1ccc(Cl)cc1CO. The lowest BCUT2D eigenvalue weighted by atomic mass is 10.0. The number of halogens is 1. The van der Waals surface area contributed by atoms with E-state index in [1.165, 1.54) is 0 Å². The first-order valence-corrected chi connectivity index (χ1v) is 4.41. The zero-order chi connectivity index (χ0) is 9.84. The second-order valence-electron chi connectivity index (χ2n) is 2.84. The Bertz CT molecular complexity index is 291. The quantitative estimate of drug-likeness (QED) is 0.676. The standard InChI is InChI=1S/C9H13ClN2O/c10-7-1-2-8(9(12)4-11)6(3-7)5-13/h1-3,9,13H,4-5,11-12H2/t9-/m0/s1. The van der Waals surface area contributed by atoms with Gasteiger partial charge < -0.3 is 16.6 Å². The van der Waals surface area contributed by atoms with E-state index in [2.05, 4.69) is 0 Å². The van der Waals surface area contributed by atoms with Gasteiger partial charge >= 0.3 is 0 Å². The minimum absolute atomic E-state index is 0.0659. The van der Waals surface area contributed by atoms with Crippen molar-refractivity contribution in [3.05, 3.63) is 34.3 Å². The molecule has 0 spiro atoms. The fourth-order valence-electron chi connectivity index (χ4n) is 1.20. The predicted molar refractivity (Wildman–Crippen MR) is 53.4 cm³/mol. The minimum atomic E-state index is -0.237. The smallest absolute Gasteiger partial charge is 0.0685 e. The predicted octanol–water partition coefficient (Wildman–Crippen LogP) is 0.791.